The summed E-state index contributed by atoms with van der Waals surface area (Å²) in [6, 6.07) is 0. The molecule has 0 aromatic rings. The first-order valence-corrected chi connectivity index (χ1v) is 12.8. The fraction of sp³-hybridized carbons (Fsp3) is 0.652. The molecule has 0 heterocycles. The molecule has 0 amide bonds. The van der Waals surface area contributed by atoms with Crippen molar-refractivity contribution in [3.05, 3.63) is 22.9 Å². The van der Waals surface area contributed by atoms with Crippen LogP contribution in [0.5, 0.6) is 0 Å². The van der Waals surface area contributed by atoms with Gasteiger partial charge in [-0.05, 0) is 0 Å². The van der Waals surface area contributed by atoms with Crippen molar-refractivity contribution in [2.24, 2.45) is 0 Å². The molecule has 0 aliphatic heterocycles. The Labute approximate surface area is 317 Å². The van der Waals surface area contributed by atoms with Crippen LogP contribution in [-0.2, 0) is 85.2 Å². The quantitative estimate of drug-likeness (QED) is 0.0793. The van der Waals surface area contributed by atoms with Gasteiger partial charge in [0, 0.05) is 27.7 Å². The number of rotatable bonds is 10. The summed E-state index contributed by atoms with van der Waals surface area (Å²) in [5, 5.41) is 45.8. The van der Waals surface area contributed by atoms with E-state index in [1.807, 2.05) is 0 Å². The zero-order valence-electron chi connectivity index (χ0n) is 26.5. The second-order valence-corrected chi connectivity index (χ2v) is 7.38. The van der Waals surface area contributed by atoms with Crippen LogP contribution in [0.3, 0.4) is 0 Å². The van der Waals surface area contributed by atoms with Gasteiger partial charge in [-0.1, -0.05) is 25.7 Å². The number of halogens is 2. The Hall–Kier alpha value is -2.32. The van der Waals surface area contributed by atoms with E-state index in [2.05, 4.69) is 4.74 Å². The van der Waals surface area contributed by atoms with E-state index >= 15 is 0 Å². The number of unbranched alkanes of at least 4 members (excludes halogenated alkanes) is 2. The number of alkyl halides is 2. The predicted octanol–water partition coefficient (Wildman–Crippen LogP) is 2.88. The van der Waals surface area contributed by atoms with Crippen LogP contribution in [0.25, 0.3) is 22.9 Å². The molecule has 0 spiro atoms. The topological polar surface area (TPSA) is 425 Å². The average Bonchev–Trinajstić information content (AvgIpc) is 2.80. The molecule has 0 rings (SSSR count). The summed E-state index contributed by atoms with van der Waals surface area (Å²) in [6.45, 7) is 6.47. The Morgan fingerprint density at radius 3 is 0.625 bits per heavy atom. The summed E-state index contributed by atoms with van der Waals surface area (Å²) >= 11 is 9.53. The van der Waals surface area contributed by atoms with Crippen LogP contribution in [0.15, 0.2) is 0 Å². The maximum atomic E-state index is 9.81. The van der Waals surface area contributed by atoms with Gasteiger partial charge in [0.2, 0.25) is 0 Å². The fourth-order valence-electron chi connectivity index (χ4n) is 0.961. The zero-order valence-corrected chi connectivity index (χ0v) is 32.6. The Morgan fingerprint density at radius 2 is 0.604 bits per heavy atom. The van der Waals surface area contributed by atoms with E-state index in [1.165, 1.54) is 13.8 Å². The van der Waals surface area contributed by atoms with Crippen molar-refractivity contribution in [3.63, 3.8) is 0 Å². The molecule has 0 unspecified atom stereocenters. The maximum Gasteiger partial charge on any atom is 2.00 e. The molecule has 14 N–H and O–H groups in total. The van der Waals surface area contributed by atoms with Crippen LogP contribution in [0, 0.1) is 0 Å². The van der Waals surface area contributed by atoms with Gasteiger partial charge in [0.05, 0.1) is 5.34 Å². The number of hydrogen-bond donors (Lipinski definition) is 6. The van der Waals surface area contributed by atoms with Gasteiger partial charge in [-0.3, -0.25) is 38.4 Å². The summed E-state index contributed by atoms with van der Waals surface area (Å²) in [6.07, 6.45) is 1.96. The molecular formula is C23H48Cl2N4O17Pt2. The Bertz CT molecular complexity index is 626. The van der Waals surface area contributed by atoms with Crippen molar-refractivity contribution in [1.29, 1.82) is 0 Å². The van der Waals surface area contributed by atoms with Crippen LogP contribution >= 0.6 is 23.2 Å². The maximum absolute atomic E-state index is 9.81. The zero-order chi connectivity index (χ0) is 37.1. The average molecular weight is 1110 g/mol. The molecule has 48 heavy (non-hydrogen) atoms. The minimum atomic E-state index is -1.31. The molecule has 21 nitrogen and oxygen atoms in total. The van der Waals surface area contributed by atoms with E-state index in [0.717, 1.165) is 39.5 Å². The molecule has 0 bridgehead atoms. The summed E-state index contributed by atoms with van der Waals surface area (Å²) in [4.78, 5) is 75.3. The van der Waals surface area contributed by atoms with Gasteiger partial charge in [-0.2, -0.15) is 26.2 Å². The SMILES string of the molecule is CC(=O)O.CC(=O)O.CC(=O)OC(C)=O.ClCCl.O.O.O=C(O)CC(=O)O.O=C(O)CC(=O)O.[NH-]CCCC[NH-].[NH-]CCCC[NH-].[Pt+2].[Pt+2]. The first-order chi connectivity index (χ1) is 20.1. The fourth-order valence-corrected chi connectivity index (χ4v) is 0.961. The number of carbonyl (C=O) groups is 8. The number of aliphatic carboxylic acids is 6. The summed E-state index contributed by atoms with van der Waals surface area (Å²) in [5.74, 6) is -8.04. The third kappa shape index (κ3) is 324. The number of carbonyl (C=O) groups excluding carboxylic acids is 2. The Kier molecular flexibility index (Phi) is 126. The third-order valence-electron chi connectivity index (χ3n) is 2.10. The van der Waals surface area contributed by atoms with E-state index in [9.17, 15) is 28.8 Å². The largest absolute Gasteiger partial charge is 2.00 e. The molecule has 0 aromatic heterocycles. The van der Waals surface area contributed by atoms with Crippen LogP contribution in [-0.4, -0.2) is 121 Å². The second-order valence-electron chi connectivity index (χ2n) is 6.57. The van der Waals surface area contributed by atoms with E-state index in [-0.39, 0.29) is 58.4 Å². The third-order valence-corrected chi connectivity index (χ3v) is 2.10. The number of hydrogen-bond acceptors (Lipinski definition) is 9. The van der Waals surface area contributed by atoms with Crippen molar-refractivity contribution in [3.8, 4) is 0 Å². The Balaban J connectivity index is -0.0000000309. The minimum absolute atomic E-state index is 0. The minimum Gasteiger partial charge on any atom is -0.677 e. The number of carboxylic acids is 6. The van der Waals surface area contributed by atoms with Crippen molar-refractivity contribution in [2.75, 3.05) is 31.5 Å². The number of esters is 2. The normalized spacial score (nSPS) is 7.12. The molecule has 0 fully saturated rings. The van der Waals surface area contributed by atoms with Gasteiger partial charge in [0.25, 0.3) is 11.9 Å². The van der Waals surface area contributed by atoms with Gasteiger partial charge in [-0.25, -0.2) is 0 Å². The summed E-state index contributed by atoms with van der Waals surface area (Å²) < 4.78 is 3.97. The number of carboxylic acid groups (broad SMARTS) is 6. The molecule has 0 saturated heterocycles. The second kappa shape index (κ2) is 75.1. The summed E-state index contributed by atoms with van der Waals surface area (Å²) in [5.41, 5.74) is 26.5. The van der Waals surface area contributed by atoms with E-state index in [0.29, 0.717) is 26.2 Å². The van der Waals surface area contributed by atoms with E-state index < -0.39 is 60.6 Å². The van der Waals surface area contributed by atoms with Gasteiger partial charge in [-0.15, -0.1) is 23.2 Å². The molecule has 0 atom stereocenters. The number of nitrogens with one attached hydrogen (secondary N) is 4. The van der Waals surface area contributed by atoms with Crippen LogP contribution in [0.1, 0.15) is 66.2 Å². The van der Waals surface area contributed by atoms with Crippen molar-refractivity contribution < 1.29 is 127 Å². The molecule has 0 radical (unpaired) electrons. The van der Waals surface area contributed by atoms with Crippen LogP contribution in [0.2, 0.25) is 0 Å². The first-order valence-electron chi connectivity index (χ1n) is 11.7. The molecule has 0 aliphatic carbocycles. The van der Waals surface area contributed by atoms with Gasteiger partial charge in [0.15, 0.2) is 0 Å². The molecular weight excluding hydrogens is 1070 g/mol. The van der Waals surface area contributed by atoms with E-state index in [1.54, 1.807) is 0 Å². The smallest absolute Gasteiger partial charge is 0.677 e. The van der Waals surface area contributed by atoms with Gasteiger partial charge in [0.1, 0.15) is 12.8 Å². The molecule has 296 valence electrons. The predicted molar refractivity (Wildman–Crippen MR) is 168 cm³/mol. The van der Waals surface area contributed by atoms with Crippen molar-refractivity contribution >= 4 is 71.0 Å². The van der Waals surface area contributed by atoms with Gasteiger partial charge >= 0.3 is 77.9 Å². The monoisotopic (exact) mass is 1110 g/mol. The van der Waals surface area contributed by atoms with Crippen molar-refractivity contribution in [1.82, 2.24) is 0 Å². The molecule has 0 aliphatic rings. The molecule has 25 heteroatoms. The van der Waals surface area contributed by atoms with Crippen LogP contribution < -0.4 is 0 Å². The molecule has 0 saturated carbocycles. The van der Waals surface area contributed by atoms with E-state index in [4.69, 9.17) is 86.4 Å². The standard InChI is InChI=1S/2C4H10N2.C4H6O3.2C3H4O4.2C2H4O2.CH2Cl2.2H2O.2Pt/c2*5-3-1-2-4-6;1-3(5)7-4(2)6;2*4-2(5)1-3(6)7;2*1-2(3)4;2-1-3;;;;/h2*5-6H,1-4H2;1-2H3;2*1H2,(H,4,5)(H,6,7);2*1H3,(H,3,4);1H2;2*1H2;;/q2*-2;;;;;;;;;2*+2. The first kappa shape index (κ1) is 80.4. The Morgan fingerprint density at radius 1 is 0.479 bits per heavy atom. The van der Waals surface area contributed by atoms with Crippen LogP contribution in [0.4, 0.5) is 0 Å². The number of ether oxygens (including phenoxy) is 1. The molecule has 0 aromatic carbocycles. The summed E-state index contributed by atoms with van der Waals surface area (Å²) in [7, 11) is 0. The van der Waals surface area contributed by atoms with Crippen molar-refractivity contribution in [2.45, 2.75) is 66.2 Å². The van der Waals surface area contributed by atoms with Gasteiger partial charge < -0.3 is 69.3 Å².